The third kappa shape index (κ3) is 3.12. The van der Waals surface area contributed by atoms with Crippen LogP contribution in [-0.2, 0) is 4.79 Å². The minimum Gasteiger partial charge on any atom is -0.325 e. The number of benzene rings is 1. The van der Waals surface area contributed by atoms with Crippen molar-refractivity contribution in [2.24, 2.45) is 0 Å². The van der Waals surface area contributed by atoms with Gasteiger partial charge in [-0.3, -0.25) is 9.69 Å². The molecule has 1 aliphatic rings. The lowest BCUT2D eigenvalue weighted by Crippen LogP contribution is -2.37. The van der Waals surface area contributed by atoms with Gasteiger partial charge in [0.2, 0.25) is 5.91 Å². The van der Waals surface area contributed by atoms with Crippen LogP contribution in [0, 0.1) is 0 Å². The van der Waals surface area contributed by atoms with Gasteiger partial charge in [-0.25, -0.2) is 0 Å². The average molecular weight is 273 g/mol. The average Bonchev–Trinajstić information content (AvgIpc) is 2.62. The van der Waals surface area contributed by atoms with Gasteiger partial charge in [0.1, 0.15) is 0 Å². The van der Waals surface area contributed by atoms with Crippen molar-refractivity contribution in [3.63, 3.8) is 0 Å². The normalized spacial score (nSPS) is 20.5. The van der Waals surface area contributed by atoms with Gasteiger partial charge in [-0.05, 0) is 44.6 Å². The number of carbonyl (C=O) groups excluding carboxylic acids is 1. The van der Waals surface area contributed by atoms with Crippen LogP contribution in [0.3, 0.4) is 0 Å². The molecule has 1 heterocycles. The molecule has 2 rings (SSSR count). The highest BCUT2D eigenvalue weighted by atomic mass is 35.5. The van der Waals surface area contributed by atoms with Gasteiger partial charge in [0.25, 0.3) is 0 Å². The van der Waals surface area contributed by atoms with E-state index in [2.05, 4.69) is 10.2 Å². The fraction of sp³-hybridized carbons (Fsp3) is 0.417. The minimum atomic E-state index is -0.0484. The van der Waals surface area contributed by atoms with Crippen molar-refractivity contribution in [3.05, 3.63) is 28.2 Å². The number of carbonyl (C=O) groups is 1. The Morgan fingerprint density at radius 2 is 2.00 bits per heavy atom. The molecular formula is C12H14Cl2N2O. The number of likely N-dealkylation sites (N-methyl/N-ethyl adjacent to an activating group) is 1. The first kappa shape index (κ1) is 12.7. The number of hydrogen-bond donors (Lipinski definition) is 1. The highest BCUT2D eigenvalue weighted by Gasteiger charge is 2.27. The van der Waals surface area contributed by atoms with E-state index in [-0.39, 0.29) is 11.9 Å². The molecule has 1 saturated heterocycles. The van der Waals surface area contributed by atoms with Gasteiger partial charge in [-0.2, -0.15) is 0 Å². The van der Waals surface area contributed by atoms with Gasteiger partial charge < -0.3 is 5.32 Å². The van der Waals surface area contributed by atoms with E-state index in [1.54, 1.807) is 18.2 Å². The molecule has 5 heteroatoms. The molecule has 0 spiro atoms. The van der Waals surface area contributed by atoms with Crippen molar-refractivity contribution in [2.45, 2.75) is 18.9 Å². The third-order valence-electron chi connectivity index (χ3n) is 2.95. The molecule has 1 atom stereocenters. The number of nitrogens with one attached hydrogen (secondary N) is 1. The fourth-order valence-corrected chi connectivity index (χ4v) is 2.62. The number of halogens is 2. The number of anilines is 1. The Balaban J connectivity index is 2.07. The van der Waals surface area contributed by atoms with E-state index in [1.807, 2.05) is 7.05 Å². The maximum atomic E-state index is 12.0. The molecule has 0 radical (unpaired) electrons. The fourth-order valence-electron chi connectivity index (χ4n) is 2.09. The highest BCUT2D eigenvalue weighted by Crippen LogP contribution is 2.23. The zero-order chi connectivity index (χ0) is 12.4. The van der Waals surface area contributed by atoms with E-state index in [1.165, 1.54) is 0 Å². The van der Waals surface area contributed by atoms with Gasteiger partial charge in [-0.15, -0.1) is 0 Å². The van der Waals surface area contributed by atoms with Gasteiger partial charge in [0, 0.05) is 15.7 Å². The number of hydrogen-bond acceptors (Lipinski definition) is 2. The molecule has 17 heavy (non-hydrogen) atoms. The lowest BCUT2D eigenvalue weighted by atomic mass is 10.2. The van der Waals surface area contributed by atoms with Crippen LogP contribution < -0.4 is 5.32 Å². The van der Waals surface area contributed by atoms with E-state index in [0.717, 1.165) is 19.4 Å². The Hall–Kier alpha value is -0.770. The van der Waals surface area contributed by atoms with Gasteiger partial charge in [0.15, 0.2) is 0 Å². The lowest BCUT2D eigenvalue weighted by molar-refractivity contribution is -0.119. The number of amides is 1. The van der Waals surface area contributed by atoms with Gasteiger partial charge in [-0.1, -0.05) is 23.2 Å². The van der Waals surface area contributed by atoms with Crippen LogP contribution in [0.25, 0.3) is 0 Å². The molecule has 1 unspecified atom stereocenters. The highest BCUT2D eigenvalue weighted by molar-refractivity contribution is 6.35. The van der Waals surface area contributed by atoms with E-state index >= 15 is 0 Å². The zero-order valence-corrected chi connectivity index (χ0v) is 11.1. The predicted octanol–water partition coefficient (Wildman–Crippen LogP) is 3.03. The van der Waals surface area contributed by atoms with E-state index in [9.17, 15) is 4.79 Å². The summed E-state index contributed by atoms with van der Waals surface area (Å²) in [5, 5.41) is 3.89. The van der Waals surface area contributed by atoms with Crippen LogP contribution in [0.15, 0.2) is 18.2 Å². The molecule has 0 aliphatic carbocycles. The molecule has 0 aromatic heterocycles. The molecule has 1 aromatic carbocycles. The van der Waals surface area contributed by atoms with Crippen LogP contribution in [0.1, 0.15) is 12.8 Å². The summed E-state index contributed by atoms with van der Waals surface area (Å²) in [5.74, 6) is 0.00309. The number of rotatable bonds is 2. The summed E-state index contributed by atoms with van der Waals surface area (Å²) in [4.78, 5) is 14.1. The topological polar surface area (TPSA) is 32.3 Å². The first-order chi connectivity index (χ1) is 8.06. The summed E-state index contributed by atoms with van der Waals surface area (Å²) in [7, 11) is 1.96. The van der Waals surface area contributed by atoms with Crippen molar-refractivity contribution >= 4 is 34.8 Å². The molecule has 1 aliphatic heterocycles. The van der Waals surface area contributed by atoms with Crippen molar-refractivity contribution < 1.29 is 4.79 Å². The second-order valence-electron chi connectivity index (χ2n) is 4.29. The second-order valence-corrected chi connectivity index (χ2v) is 5.16. The van der Waals surface area contributed by atoms with Crippen LogP contribution in [-0.4, -0.2) is 30.4 Å². The van der Waals surface area contributed by atoms with E-state index in [0.29, 0.717) is 15.7 Å². The predicted molar refractivity (Wildman–Crippen MR) is 70.7 cm³/mol. The molecule has 92 valence electrons. The number of nitrogens with zero attached hydrogens (tertiary/aromatic N) is 1. The summed E-state index contributed by atoms with van der Waals surface area (Å²) in [6, 6.07) is 4.98. The second kappa shape index (κ2) is 5.25. The van der Waals surface area contributed by atoms with Crippen LogP contribution in [0.4, 0.5) is 5.69 Å². The van der Waals surface area contributed by atoms with E-state index in [4.69, 9.17) is 23.2 Å². The number of likely N-dealkylation sites (tertiary alicyclic amines) is 1. The Morgan fingerprint density at radius 1 is 1.35 bits per heavy atom. The summed E-state index contributed by atoms with van der Waals surface area (Å²) in [6.45, 7) is 0.967. The van der Waals surface area contributed by atoms with Crippen LogP contribution in [0.2, 0.25) is 10.0 Å². The standard InChI is InChI=1S/C12H14Cl2N2O/c1-16-4-2-3-11(16)12(17)15-10-6-8(13)5-9(14)7-10/h5-7,11H,2-4H2,1H3,(H,15,17). The summed E-state index contributed by atoms with van der Waals surface area (Å²) >= 11 is 11.8. The van der Waals surface area contributed by atoms with Crippen molar-refractivity contribution in [1.82, 2.24) is 4.90 Å². The van der Waals surface area contributed by atoms with Crippen molar-refractivity contribution in [2.75, 3.05) is 18.9 Å². The van der Waals surface area contributed by atoms with Gasteiger partial charge in [0.05, 0.1) is 6.04 Å². The smallest absolute Gasteiger partial charge is 0.241 e. The first-order valence-corrected chi connectivity index (χ1v) is 6.29. The Kier molecular flexibility index (Phi) is 3.92. The largest absolute Gasteiger partial charge is 0.325 e. The Bertz CT molecular complexity index is 416. The molecular weight excluding hydrogens is 259 g/mol. The Morgan fingerprint density at radius 3 is 2.53 bits per heavy atom. The van der Waals surface area contributed by atoms with Crippen molar-refractivity contribution in [3.8, 4) is 0 Å². The molecule has 3 nitrogen and oxygen atoms in total. The van der Waals surface area contributed by atoms with Gasteiger partial charge >= 0.3 is 0 Å². The van der Waals surface area contributed by atoms with Crippen LogP contribution in [0.5, 0.6) is 0 Å². The summed E-state index contributed by atoms with van der Waals surface area (Å²) in [5.41, 5.74) is 0.646. The zero-order valence-electron chi connectivity index (χ0n) is 9.54. The monoisotopic (exact) mass is 272 g/mol. The maximum absolute atomic E-state index is 12.0. The summed E-state index contributed by atoms with van der Waals surface area (Å²) < 4.78 is 0. The molecule has 0 saturated carbocycles. The van der Waals surface area contributed by atoms with Crippen molar-refractivity contribution in [1.29, 1.82) is 0 Å². The lowest BCUT2D eigenvalue weighted by Gasteiger charge is -2.18. The van der Waals surface area contributed by atoms with Crippen LogP contribution >= 0.6 is 23.2 Å². The van der Waals surface area contributed by atoms with E-state index < -0.39 is 0 Å². The minimum absolute atomic E-state index is 0.00309. The maximum Gasteiger partial charge on any atom is 0.241 e. The summed E-state index contributed by atoms with van der Waals surface area (Å²) in [6.07, 6.45) is 1.96. The SMILES string of the molecule is CN1CCCC1C(=O)Nc1cc(Cl)cc(Cl)c1. The Labute approximate surface area is 111 Å². The third-order valence-corrected chi connectivity index (χ3v) is 3.39. The molecule has 1 aromatic rings. The molecule has 0 bridgehead atoms. The first-order valence-electron chi connectivity index (χ1n) is 5.53. The molecule has 1 amide bonds. The molecule has 1 fully saturated rings. The quantitative estimate of drug-likeness (QED) is 0.898. The molecule has 1 N–H and O–H groups in total.